The van der Waals surface area contributed by atoms with Gasteiger partial charge in [-0.2, -0.15) is 0 Å². The summed E-state index contributed by atoms with van der Waals surface area (Å²) >= 11 is 0. The molecule has 1 aromatic rings. The van der Waals surface area contributed by atoms with Crippen molar-refractivity contribution in [1.29, 1.82) is 0 Å². The van der Waals surface area contributed by atoms with Gasteiger partial charge in [-0.1, -0.05) is 12.1 Å². The molecule has 1 atom stereocenters. The van der Waals surface area contributed by atoms with Crippen molar-refractivity contribution in [3.8, 4) is 0 Å². The maximum Gasteiger partial charge on any atom is 0.230 e. The lowest BCUT2D eigenvalue weighted by Gasteiger charge is -2.31. The Morgan fingerprint density at radius 1 is 1.40 bits per heavy atom. The normalized spacial score (nSPS) is 25.7. The fourth-order valence-electron chi connectivity index (χ4n) is 2.89. The molecule has 1 amide bonds. The topological polar surface area (TPSA) is 32.3 Å². The standard InChI is InChI=1S/C16H21FN2O/c1-16(8-9-18-11-16)15(20)19(14-6-7-14)10-12-2-4-13(17)5-3-12/h2-5,14,18H,6-11H2,1H3. The molecule has 1 aliphatic carbocycles. The summed E-state index contributed by atoms with van der Waals surface area (Å²) in [5, 5.41) is 3.28. The van der Waals surface area contributed by atoms with Gasteiger partial charge in [0.1, 0.15) is 5.82 Å². The molecule has 1 aromatic carbocycles. The minimum atomic E-state index is -0.275. The molecule has 20 heavy (non-hydrogen) atoms. The molecule has 3 rings (SSSR count). The van der Waals surface area contributed by atoms with Gasteiger partial charge < -0.3 is 10.2 Å². The molecule has 0 radical (unpaired) electrons. The number of nitrogens with one attached hydrogen (secondary N) is 1. The van der Waals surface area contributed by atoms with Gasteiger partial charge in [-0.15, -0.1) is 0 Å². The van der Waals surface area contributed by atoms with Crippen molar-refractivity contribution in [2.24, 2.45) is 5.41 Å². The first kappa shape index (κ1) is 13.6. The van der Waals surface area contributed by atoms with Gasteiger partial charge in [-0.3, -0.25) is 4.79 Å². The van der Waals surface area contributed by atoms with Crippen LogP contribution in [0.2, 0.25) is 0 Å². The fourth-order valence-corrected chi connectivity index (χ4v) is 2.89. The van der Waals surface area contributed by atoms with Crippen LogP contribution in [0.1, 0.15) is 31.7 Å². The number of carbonyl (C=O) groups excluding carboxylic acids is 1. The largest absolute Gasteiger partial charge is 0.335 e. The van der Waals surface area contributed by atoms with Gasteiger partial charge in [0.2, 0.25) is 5.91 Å². The number of nitrogens with zero attached hydrogens (tertiary/aromatic N) is 1. The van der Waals surface area contributed by atoms with Gasteiger partial charge in [-0.25, -0.2) is 4.39 Å². The van der Waals surface area contributed by atoms with Crippen LogP contribution in [0.3, 0.4) is 0 Å². The van der Waals surface area contributed by atoms with E-state index in [2.05, 4.69) is 12.2 Å². The highest BCUT2D eigenvalue weighted by Gasteiger charge is 2.43. The third-order valence-electron chi connectivity index (χ3n) is 4.40. The second kappa shape index (κ2) is 5.17. The van der Waals surface area contributed by atoms with E-state index in [-0.39, 0.29) is 17.1 Å². The molecule has 0 aromatic heterocycles. The lowest BCUT2D eigenvalue weighted by atomic mass is 9.88. The molecule has 4 heteroatoms. The summed E-state index contributed by atoms with van der Waals surface area (Å²) in [4.78, 5) is 14.8. The van der Waals surface area contributed by atoms with Crippen molar-refractivity contribution in [2.75, 3.05) is 13.1 Å². The van der Waals surface area contributed by atoms with Crippen LogP contribution in [0.15, 0.2) is 24.3 Å². The predicted molar refractivity (Wildman–Crippen MR) is 75.6 cm³/mol. The molecule has 0 bridgehead atoms. The summed E-state index contributed by atoms with van der Waals surface area (Å²) in [5.74, 6) is 0.0133. The summed E-state index contributed by atoms with van der Waals surface area (Å²) in [5.41, 5.74) is 0.726. The molecule has 1 N–H and O–H groups in total. The Hall–Kier alpha value is -1.42. The van der Waals surface area contributed by atoms with Gasteiger partial charge in [-0.05, 0) is 50.4 Å². The van der Waals surface area contributed by atoms with Crippen molar-refractivity contribution in [1.82, 2.24) is 10.2 Å². The van der Waals surface area contributed by atoms with E-state index in [4.69, 9.17) is 0 Å². The lowest BCUT2D eigenvalue weighted by molar-refractivity contribution is -0.141. The van der Waals surface area contributed by atoms with Crippen molar-refractivity contribution in [2.45, 2.75) is 38.8 Å². The molecule has 1 heterocycles. The summed E-state index contributed by atoms with van der Waals surface area (Å²) in [7, 11) is 0. The van der Waals surface area contributed by atoms with Gasteiger partial charge in [0.25, 0.3) is 0 Å². The zero-order chi connectivity index (χ0) is 14.2. The van der Waals surface area contributed by atoms with Crippen LogP contribution in [-0.2, 0) is 11.3 Å². The number of rotatable bonds is 4. The van der Waals surface area contributed by atoms with E-state index in [0.29, 0.717) is 12.6 Å². The van der Waals surface area contributed by atoms with E-state index >= 15 is 0 Å². The van der Waals surface area contributed by atoms with Crippen LogP contribution >= 0.6 is 0 Å². The van der Waals surface area contributed by atoms with Crippen molar-refractivity contribution in [3.63, 3.8) is 0 Å². The van der Waals surface area contributed by atoms with Crippen LogP contribution in [-0.4, -0.2) is 29.9 Å². The fraction of sp³-hybridized carbons (Fsp3) is 0.562. The molecule has 2 aliphatic rings. The average Bonchev–Trinajstić information content (AvgIpc) is 3.19. The van der Waals surface area contributed by atoms with Crippen LogP contribution in [0.4, 0.5) is 4.39 Å². The molecule has 108 valence electrons. The Labute approximate surface area is 119 Å². The zero-order valence-electron chi connectivity index (χ0n) is 11.9. The lowest BCUT2D eigenvalue weighted by Crippen LogP contribution is -2.44. The second-order valence-electron chi connectivity index (χ2n) is 6.28. The van der Waals surface area contributed by atoms with Crippen LogP contribution in [0, 0.1) is 11.2 Å². The number of halogens is 1. The maximum absolute atomic E-state index is 13.0. The highest BCUT2D eigenvalue weighted by Crippen LogP contribution is 2.35. The average molecular weight is 276 g/mol. The number of hydrogen-bond acceptors (Lipinski definition) is 2. The highest BCUT2D eigenvalue weighted by molar-refractivity contribution is 5.83. The van der Waals surface area contributed by atoms with Crippen LogP contribution < -0.4 is 5.32 Å². The van der Waals surface area contributed by atoms with Crippen LogP contribution in [0.25, 0.3) is 0 Å². The number of hydrogen-bond donors (Lipinski definition) is 1. The van der Waals surface area contributed by atoms with Gasteiger partial charge >= 0.3 is 0 Å². The monoisotopic (exact) mass is 276 g/mol. The van der Waals surface area contributed by atoms with E-state index in [1.165, 1.54) is 12.1 Å². The summed E-state index contributed by atoms with van der Waals surface area (Å²) in [6.45, 7) is 4.32. The number of carbonyl (C=O) groups is 1. The van der Waals surface area contributed by atoms with Crippen LogP contribution in [0.5, 0.6) is 0 Å². The van der Waals surface area contributed by atoms with Crippen molar-refractivity contribution in [3.05, 3.63) is 35.6 Å². The summed E-state index contributed by atoms with van der Waals surface area (Å²) in [6, 6.07) is 6.85. The number of amides is 1. The Morgan fingerprint density at radius 3 is 2.65 bits per heavy atom. The van der Waals surface area contributed by atoms with E-state index < -0.39 is 0 Å². The number of benzene rings is 1. The molecule has 3 nitrogen and oxygen atoms in total. The molecule has 1 unspecified atom stereocenters. The SMILES string of the molecule is CC1(C(=O)N(Cc2ccc(F)cc2)C2CC2)CCNC1. The van der Waals surface area contributed by atoms with Gasteiger partial charge in [0.15, 0.2) is 0 Å². The first-order chi connectivity index (χ1) is 9.58. The second-order valence-corrected chi connectivity index (χ2v) is 6.28. The third-order valence-corrected chi connectivity index (χ3v) is 4.40. The maximum atomic E-state index is 13.0. The molecule has 1 saturated carbocycles. The summed E-state index contributed by atoms with van der Waals surface area (Å²) < 4.78 is 13.0. The van der Waals surface area contributed by atoms with Crippen molar-refractivity contribution < 1.29 is 9.18 Å². The molecular formula is C16H21FN2O. The molecular weight excluding hydrogens is 255 g/mol. The minimum absolute atomic E-state index is 0.231. The first-order valence-electron chi connectivity index (χ1n) is 7.35. The van der Waals surface area contributed by atoms with Gasteiger partial charge in [0, 0.05) is 19.1 Å². The minimum Gasteiger partial charge on any atom is -0.335 e. The Kier molecular flexibility index (Phi) is 3.50. The van der Waals surface area contributed by atoms with E-state index in [1.54, 1.807) is 12.1 Å². The smallest absolute Gasteiger partial charge is 0.230 e. The molecule has 1 saturated heterocycles. The first-order valence-corrected chi connectivity index (χ1v) is 7.35. The summed E-state index contributed by atoms with van der Waals surface area (Å²) in [6.07, 6.45) is 3.09. The molecule has 2 fully saturated rings. The quantitative estimate of drug-likeness (QED) is 0.915. The zero-order valence-corrected chi connectivity index (χ0v) is 11.9. The molecule has 1 aliphatic heterocycles. The molecule has 0 spiro atoms. The Balaban J connectivity index is 1.75. The Morgan fingerprint density at radius 2 is 2.10 bits per heavy atom. The third kappa shape index (κ3) is 2.70. The van der Waals surface area contributed by atoms with E-state index in [1.807, 2.05) is 4.90 Å². The Bertz CT molecular complexity index is 490. The van der Waals surface area contributed by atoms with E-state index in [9.17, 15) is 9.18 Å². The van der Waals surface area contributed by atoms with Crippen molar-refractivity contribution >= 4 is 5.91 Å². The highest BCUT2D eigenvalue weighted by atomic mass is 19.1. The van der Waals surface area contributed by atoms with Gasteiger partial charge in [0.05, 0.1) is 5.41 Å². The predicted octanol–water partition coefficient (Wildman–Crippen LogP) is 2.32. The van der Waals surface area contributed by atoms with E-state index in [0.717, 1.165) is 37.9 Å².